The van der Waals surface area contributed by atoms with Gasteiger partial charge in [-0.15, -0.1) is 0 Å². The minimum Gasteiger partial charge on any atom is -0.465 e. The molecule has 1 saturated heterocycles. The number of carbonyl (C=O) groups is 2. The molecule has 1 fully saturated rings. The molecule has 176 valence electrons. The number of ether oxygens (including phenoxy) is 2. The second-order valence-corrected chi connectivity index (χ2v) is 8.27. The molecule has 1 aliphatic heterocycles. The van der Waals surface area contributed by atoms with Crippen LogP contribution in [-0.2, 0) is 22.3 Å². The molecule has 1 amide bonds. The Bertz CT molecular complexity index is 1250. The Hall–Kier alpha value is -3.72. The number of morpholine rings is 1. The second kappa shape index (κ2) is 9.26. The summed E-state index contributed by atoms with van der Waals surface area (Å²) < 4.78 is 26.3. The summed E-state index contributed by atoms with van der Waals surface area (Å²) in [6, 6.07) is 11.6. The van der Waals surface area contributed by atoms with E-state index >= 15 is 0 Å². The number of nitrogens with one attached hydrogen (secondary N) is 1. The Kier molecular flexibility index (Phi) is 6.02. The number of esters is 1. The monoisotopic (exact) mass is 464 g/mol. The van der Waals surface area contributed by atoms with Crippen LogP contribution in [0.25, 0.3) is 5.69 Å². The van der Waals surface area contributed by atoms with Crippen LogP contribution >= 0.6 is 0 Å². The molecule has 0 radical (unpaired) electrons. The lowest BCUT2D eigenvalue weighted by molar-refractivity contribution is 0.0602. The van der Waals surface area contributed by atoms with E-state index in [1.807, 2.05) is 6.07 Å². The van der Waals surface area contributed by atoms with E-state index in [2.05, 4.69) is 15.3 Å². The highest BCUT2D eigenvalue weighted by Gasteiger charge is 2.28. The first kappa shape index (κ1) is 22.1. The summed E-state index contributed by atoms with van der Waals surface area (Å²) in [5, 5.41) is 7.30. The van der Waals surface area contributed by atoms with Gasteiger partial charge in [-0.2, -0.15) is 5.10 Å². The van der Waals surface area contributed by atoms with E-state index in [4.69, 9.17) is 9.47 Å². The molecule has 0 spiro atoms. The van der Waals surface area contributed by atoms with Crippen molar-refractivity contribution < 1.29 is 23.5 Å². The summed E-state index contributed by atoms with van der Waals surface area (Å²) in [5.41, 5.74) is 3.64. The van der Waals surface area contributed by atoms with E-state index in [0.717, 1.165) is 23.4 Å². The standard InChI is InChI=1S/C25H25FN4O4/c1-33-25(32)18-15-16(29-11-13-34-14-12-29)9-10-20(18)27-24(31)23-17-5-4-8-21(17)30(28-23)22-7-3-2-6-19(22)26/h2-3,6-7,9-10,15H,4-5,8,11-14H2,1H3,(H,27,31). The van der Waals surface area contributed by atoms with Crippen LogP contribution in [0.3, 0.4) is 0 Å². The number of methoxy groups -OCH3 is 1. The smallest absolute Gasteiger partial charge is 0.340 e. The van der Waals surface area contributed by atoms with E-state index in [9.17, 15) is 14.0 Å². The Labute approximate surface area is 196 Å². The van der Waals surface area contributed by atoms with Crippen LogP contribution < -0.4 is 10.2 Å². The molecule has 5 rings (SSSR count). The second-order valence-electron chi connectivity index (χ2n) is 8.27. The molecule has 3 aromatic rings. The van der Waals surface area contributed by atoms with Gasteiger partial charge in [0.15, 0.2) is 5.69 Å². The van der Waals surface area contributed by atoms with Gasteiger partial charge in [0.2, 0.25) is 0 Å². The fraction of sp³-hybridized carbons (Fsp3) is 0.320. The lowest BCUT2D eigenvalue weighted by Crippen LogP contribution is -2.36. The van der Waals surface area contributed by atoms with Crippen LogP contribution in [0.4, 0.5) is 15.8 Å². The molecule has 0 unspecified atom stereocenters. The first-order chi connectivity index (χ1) is 16.6. The summed E-state index contributed by atoms with van der Waals surface area (Å²) >= 11 is 0. The van der Waals surface area contributed by atoms with Crippen molar-refractivity contribution in [3.63, 3.8) is 0 Å². The molecule has 9 heteroatoms. The Balaban J connectivity index is 1.47. The van der Waals surface area contributed by atoms with Crippen molar-refractivity contribution in [3.8, 4) is 5.69 Å². The zero-order valence-electron chi connectivity index (χ0n) is 18.8. The van der Waals surface area contributed by atoms with Gasteiger partial charge in [0.25, 0.3) is 5.91 Å². The average molecular weight is 464 g/mol. The van der Waals surface area contributed by atoms with Crippen molar-refractivity contribution in [1.29, 1.82) is 0 Å². The first-order valence-corrected chi connectivity index (χ1v) is 11.3. The predicted octanol–water partition coefficient (Wildman–Crippen LogP) is 3.38. The fourth-order valence-electron chi connectivity index (χ4n) is 4.56. The molecular weight excluding hydrogens is 439 g/mol. The van der Waals surface area contributed by atoms with Gasteiger partial charge < -0.3 is 19.7 Å². The molecule has 2 aliphatic rings. The Morgan fingerprint density at radius 2 is 1.91 bits per heavy atom. The van der Waals surface area contributed by atoms with Crippen molar-refractivity contribution in [1.82, 2.24) is 9.78 Å². The molecular formula is C25H25FN4O4. The zero-order valence-corrected chi connectivity index (χ0v) is 18.8. The minimum atomic E-state index is -0.549. The topological polar surface area (TPSA) is 85.7 Å². The number of fused-ring (bicyclic) bond motifs is 1. The zero-order chi connectivity index (χ0) is 23.7. The highest BCUT2D eigenvalue weighted by molar-refractivity contribution is 6.08. The molecule has 2 heterocycles. The summed E-state index contributed by atoms with van der Waals surface area (Å²) in [6.07, 6.45) is 2.27. The van der Waals surface area contributed by atoms with Crippen LogP contribution in [0.2, 0.25) is 0 Å². The van der Waals surface area contributed by atoms with Crippen molar-refractivity contribution in [2.45, 2.75) is 19.3 Å². The number of hydrogen-bond acceptors (Lipinski definition) is 6. The maximum absolute atomic E-state index is 14.4. The number of halogens is 1. The normalized spacial score (nSPS) is 15.2. The highest BCUT2D eigenvalue weighted by Crippen LogP contribution is 2.30. The molecule has 1 N–H and O–H groups in total. The Morgan fingerprint density at radius 3 is 2.68 bits per heavy atom. The molecule has 0 atom stereocenters. The predicted molar refractivity (Wildman–Crippen MR) is 124 cm³/mol. The van der Waals surface area contributed by atoms with Gasteiger partial charge >= 0.3 is 5.97 Å². The molecule has 1 aromatic heterocycles. The van der Waals surface area contributed by atoms with Crippen molar-refractivity contribution in [2.75, 3.05) is 43.6 Å². The van der Waals surface area contributed by atoms with Gasteiger partial charge in [0, 0.05) is 30.0 Å². The summed E-state index contributed by atoms with van der Waals surface area (Å²) in [6.45, 7) is 2.65. The number of carbonyl (C=O) groups excluding carboxylic acids is 2. The first-order valence-electron chi connectivity index (χ1n) is 11.3. The maximum Gasteiger partial charge on any atom is 0.340 e. The number of hydrogen-bond donors (Lipinski definition) is 1. The van der Waals surface area contributed by atoms with Gasteiger partial charge in [0.1, 0.15) is 11.5 Å². The molecule has 0 saturated carbocycles. The Morgan fingerprint density at radius 1 is 1.12 bits per heavy atom. The molecule has 1 aliphatic carbocycles. The van der Waals surface area contributed by atoms with E-state index in [1.54, 1.807) is 30.3 Å². The summed E-state index contributed by atoms with van der Waals surface area (Å²) in [4.78, 5) is 27.9. The van der Waals surface area contributed by atoms with E-state index in [1.165, 1.54) is 17.9 Å². The summed E-state index contributed by atoms with van der Waals surface area (Å²) in [5.74, 6) is -1.40. The average Bonchev–Trinajstić information content (AvgIpc) is 3.48. The number of para-hydroxylation sites is 1. The third-order valence-corrected chi connectivity index (χ3v) is 6.26. The summed E-state index contributed by atoms with van der Waals surface area (Å²) in [7, 11) is 1.30. The van der Waals surface area contributed by atoms with E-state index in [0.29, 0.717) is 50.5 Å². The number of benzene rings is 2. The molecule has 34 heavy (non-hydrogen) atoms. The maximum atomic E-state index is 14.4. The number of aromatic nitrogens is 2. The van der Waals surface area contributed by atoms with Crippen molar-refractivity contribution in [3.05, 3.63) is 70.8 Å². The van der Waals surface area contributed by atoms with Gasteiger partial charge in [-0.3, -0.25) is 4.79 Å². The number of amides is 1. The minimum absolute atomic E-state index is 0.240. The quantitative estimate of drug-likeness (QED) is 0.583. The highest BCUT2D eigenvalue weighted by atomic mass is 19.1. The third kappa shape index (κ3) is 4.03. The van der Waals surface area contributed by atoms with Gasteiger partial charge in [-0.25, -0.2) is 13.9 Å². The molecule has 8 nitrogen and oxygen atoms in total. The van der Waals surface area contributed by atoms with E-state index in [-0.39, 0.29) is 11.3 Å². The fourth-order valence-corrected chi connectivity index (χ4v) is 4.56. The number of anilines is 2. The van der Waals surface area contributed by atoms with Crippen LogP contribution in [-0.4, -0.2) is 55.1 Å². The van der Waals surface area contributed by atoms with Crippen LogP contribution in [0.15, 0.2) is 42.5 Å². The lowest BCUT2D eigenvalue weighted by Gasteiger charge is -2.29. The SMILES string of the molecule is COC(=O)c1cc(N2CCOCC2)ccc1NC(=O)c1nn(-c2ccccc2F)c2c1CCC2. The van der Waals surface area contributed by atoms with Crippen molar-refractivity contribution >= 4 is 23.3 Å². The molecule has 0 bridgehead atoms. The van der Waals surface area contributed by atoms with E-state index < -0.39 is 17.7 Å². The van der Waals surface area contributed by atoms with Gasteiger partial charge in [-0.05, 0) is 49.6 Å². The van der Waals surface area contributed by atoms with Crippen LogP contribution in [0.5, 0.6) is 0 Å². The van der Waals surface area contributed by atoms with Gasteiger partial charge in [0.05, 0.1) is 31.6 Å². The van der Waals surface area contributed by atoms with Gasteiger partial charge in [-0.1, -0.05) is 12.1 Å². The number of rotatable bonds is 5. The molecule has 2 aromatic carbocycles. The lowest BCUT2D eigenvalue weighted by atomic mass is 10.1. The van der Waals surface area contributed by atoms with Crippen LogP contribution in [0, 0.1) is 5.82 Å². The van der Waals surface area contributed by atoms with Crippen LogP contribution in [0.1, 0.15) is 38.5 Å². The largest absolute Gasteiger partial charge is 0.465 e. The third-order valence-electron chi connectivity index (χ3n) is 6.26. The van der Waals surface area contributed by atoms with Crippen molar-refractivity contribution in [2.24, 2.45) is 0 Å². The number of nitrogens with zero attached hydrogens (tertiary/aromatic N) is 3.